The van der Waals surface area contributed by atoms with E-state index in [-0.39, 0.29) is 29.7 Å². The second-order valence-corrected chi connectivity index (χ2v) is 10.2. The monoisotopic (exact) mass is 418 g/mol. The minimum absolute atomic E-state index is 0.0881. The van der Waals surface area contributed by atoms with Crippen LogP contribution in [0.15, 0.2) is 0 Å². The lowest BCUT2D eigenvalue weighted by atomic mass is 9.58. The Hall–Kier alpha value is -1.89. The zero-order chi connectivity index (χ0) is 20.7. The number of aryl methyl sites for hydroxylation is 1. The molecule has 4 aliphatic carbocycles. The average molecular weight is 419 g/mol. The van der Waals surface area contributed by atoms with Gasteiger partial charge in [-0.3, -0.25) is 14.4 Å². The largest absolute Gasteiger partial charge is 0.481 e. The van der Waals surface area contributed by atoms with Gasteiger partial charge in [0.15, 0.2) is 0 Å². The van der Waals surface area contributed by atoms with Crippen molar-refractivity contribution in [2.45, 2.75) is 71.3 Å². The Morgan fingerprint density at radius 1 is 0.931 bits per heavy atom. The number of aliphatic carboxylic acids is 1. The van der Waals surface area contributed by atoms with E-state index in [9.17, 15) is 19.5 Å². The summed E-state index contributed by atoms with van der Waals surface area (Å²) in [5, 5.41) is 16.4. The van der Waals surface area contributed by atoms with Gasteiger partial charge in [-0.05, 0) is 69.8 Å². The highest BCUT2D eigenvalue weighted by Gasteiger charge is 2.50. The number of carboxylic acid groups (broad SMARTS) is 1. The fraction of sp³-hybridized carbons (Fsp3) is 0.682. The molecule has 1 aromatic rings. The molecule has 4 saturated carbocycles. The molecule has 1 aromatic heterocycles. The Labute approximate surface area is 175 Å². The molecule has 2 amide bonds. The number of rotatable bonds is 5. The Morgan fingerprint density at radius 2 is 1.52 bits per heavy atom. The second kappa shape index (κ2) is 8.09. The molecule has 1 heterocycles. The summed E-state index contributed by atoms with van der Waals surface area (Å²) in [6.45, 7) is 3.86. The number of fused-ring (bicyclic) bond motifs is 3. The molecule has 7 heteroatoms. The van der Waals surface area contributed by atoms with Gasteiger partial charge in [0.2, 0.25) is 5.91 Å². The molecule has 2 atom stereocenters. The molecule has 2 unspecified atom stereocenters. The van der Waals surface area contributed by atoms with Crippen molar-refractivity contribution in [1.29, 1.82) is 0 Å². The molecule has 4 aliphatic rings. The molecule has 0 saturated heterocycles. The number of anilines is 1. The van der Waals surface area contributed by atoms with E-state index in [1.165, 1.54) is 11.3 Å². The van der Waals surface area contributed by atoms with Crippen molar-refractivity contribution in [3.05, 3.63) is 16.0 Å². The molecule has 0 aliphatic heterocycles. The van der Waals surface area contributed by atoms with Crippen molar-refractivity contribution >= 4 is 34.1 Å². The normalized spacial score (nSPS) is 29.0. The lowest BCUT2D eigenvalue weighted by Crippen LogP contribution is -2.49. The predicted octanol–water partition coefficient (Wildman–Crippen LogP) is 4.11. The van der Waals surface area contributed by atoms with Crippen LogP contribution >= 0.6 is 11.3 Å². The van der Waals surface area contributed by atoms with E-state index in [4.69, 9.17) is 0 Å². The first-order valence-electron chi connectivity index (χ1n) is 10.8. The minimum atomic E-state index is -0.864. The van der Waals surface area contributed by atoms with E-state index in [0.717, 1.165) is 61.8 Å². The SMILES string of the molecule is Cc1sc(NC(=O)C2C3CCC(CC3)C2C(=O)O)c(C(=O)NC2CCCC2)c1C. The second-order valence-electron chi connectivity index (χ2n) is 9.00. The van der Waals surface area contributed by atoms with Gasteiger partial charge >= 0.3 is 5.97 Å². The van der Waals surface area contributed by atoms with Gasteiger partial charge in [0.1, 0.15) is 5.00 Å². The van der Waals surface area contributed by atoms with Crippen LogP contribution in [0.3, 0.4) is 0 Å². The first kappa shape index (κ1) is 20.4. The summed E-state index contributed by atoms with van der Waals surface area (Å²) in [7, 11) is 0. The van der Waals surface area contributed by atoms with Crippen molar-refractivity contribution in [3.63, 3.8) is 0 Å². The van der Waals surface area contributed by atoms with Crippen molar-refractivity contribution < 1.29 is 19.5 Å². The van der Waals surface area contributed by atoms with Crippen LogP contribution in [0.25, 0.3) is 0 Å². The van der Waals surface area contributed by atoms with Crippen molar-refractivity contribution in [3.8, 4) is 0 Å². The summed E-state index contributed by atoms with van der Waals surface area (Å²) in [6, 6.07) is 0.205. The molecule has 6 nitrogen and oxygen atoms in total. The highest BCUT2D eigenvalue weighted by Crippen LogP contribution is 2.49. The fourth-order valence-electron chi connectivity index (χ4n) is 5.69. The number of amides is 2. The average Bonchev–Trinajstić information content (AvgIpc) is 3.29. The number of thiophene rings is 1. The van der Waals surface area contributed by atoms with Crippen LogP contribution in [0, 0.1) is 37.5 Å². The van der Waals surface area contributed by atoms with Crippen molar-refractivity contribution in [1.82, 2.24) is 5.32 Å². The zero-order valence-corrected chi connectivity index (χ0v) is 17.9. The van der Waals surface area contributed by atoms with Gasteiger partial charge in [0.05, 0.1) is 17.4 Å². The van der Waals surface area contributed by atoms with E-state index in [2.05, 4.69) is 10.6 Å². The molecule has 4 fully saturated rings. The summed E-state index contributed by atoms with van der Waals surface area (Å²) in [5.41, 5.74) is 1.43. The maximum absolute atomic E-state index is 13.2. The van der Waals surface area contributed by atoms with E-state index < -0.39 is 17.8 Å². The topological polar surface area (TPSA) is 95.5 Å². The van der Waals surface area contributed by atoms with Crippen molar-refractivity contribution in [2.75, 3.05) is 5.32 Å². The van der Waals surface area contributed by atoms with E-state index >= 15 is 0 Å². The van der Waals surface area contributed by atoms with Crippen LogP contribution in [0.2, 0.25) is 0 Å². The van der Waals surface area contributed by atoms with Crippen LogP contribution < -0.4 is 10.6 Å². The zero-order valence-electron chi connectivity index (χ0n) is 17.1. The Morgan fingerprint density at radius 3 is 2.10 bits per heavy atom. The Kier molecular flexibility index (Phi) is 5.69. The third-order valence-electron chi connectivity index (χ3n) is 7.35. The van der Waals surface area contributed by atoms with E-state index in [1.54, 1.807) is 0 Å². The summed E-state index contributed by atoms with van der Waals surface area (Å²) in [5.74, 6) is -2.13. The summed E-state index contributed by atoms with van der Waals surface area (Å²) in [4.78, 5) is 39.1. The van der Waals surface area contributed by atoms with Gasteiger partial charge in [-0.1, -0.05) is 12.8 Å². The maximum atomic E-state index is 13.2. The molecular formula is C22H30N2O4S. The third kappa shape index (κ3) is 3.81. The molecular weight excluding hydrogens is 388 g/mol. The lowest BCUT2D eigenvalue weighted by Gasteiger charge is -2.45. The molecule has 29 heavy (non-hydrogen) atoms. The highest BCUT2D eigenvalue weighted by molar-refractivity contribution is 7.16. The number of carboxylic acids is 1. The lowest BCUT2D eigenvalue weighted by molar-refractivity contribution is -0.156. The Bertz CT molecular complexity index is 819. The first-order valence-corrected chi connectivity index (χ1v) is 11.6. The van der Waals surface area contributed by atoms with Gasteiger partial charge < -0.3 is 15.7 Å². The fourth-order valence-corrected chi connectivity index (χ4v) is 6.75. The van der Waals surface area contributed by atoms with Crippen LogP contribution in [0.4, 0.5) is 5.00 Å². The predicted molar refractivity (Wildman–Crippen MR) is 112 cm³/mol. The van der Waals surface area contributed by atoms with Gasteiger partial charge in [0.25, 0.3) is 5.91 Å². The van der Waals surface area contributed by atoms with Crippen molar-refractivity contribution in [2.24, 2.45) is 23.7 Å². The third-order valence-corrected chi connectivity index (χ3v) is 8.47. The molecule has 0 radical (unpaired) electrons. The molecule has 158 valence electrons. The minimum Gasteiger partial charge on any atom is -0.481 e. The molecule has 5 rings (SSSR count). The molecule has 2 bridgehead atoms. The molecule has 0 aromatic carbocycles. The first-order chi connectivity index (χ1) is 13.9. The molecule has 3 N–H and O–H groups in total. The van der Waals surface area contributed by atoms with E-state index in [0.29, 0.717) is 10.6 Å². The molecule has 0 spiro atoms. The number of nitrogens with one attached hydrogen (secondary N) is 2. The van der Waals surface area contributed by atoms with Crippen LogP contribution in [0.1, 0.15) is 72.2 Å². The summed E-state index contributed by atoms with van der Waals surface area (Å²) < 4.78 is 0. The number of hydrogen-bond donors (Lipinski definition) is 3. The number of carbonyl (C=O) groups excluding carboxylic acids is 2. The van der Waals surface area contributed by atoms with Gasteiger partial charge in [-0.15, -0.1) is 11.3 Å². The van der Waals surface area contributed by atoms with E-state index in [1.807, 2.05) is 13.8 Å². The van der Waals surface area contributed by atoms with Gasteiger partial charge in [-0.25, -0.2) is 0 Å². The van der Waals surface area contributed by atoms with Crippen LogP contribution in [-0.4, -0.2) is 28.9 Å². The highest BCUT2D eigenvalue weighted by atomic mass is 32.1. The Balaban J connectivity index is 1.56. The van der Waals surface area contributed by atoms with Crippen LogP contribution in [-0.2, 0) is 9.59 Å². The summed E-state index contributed by atoms with van der Waals surface area (Å²) in [6.07, 6.45) is 7.92. The van der Waals surface area contributed by atoms with Gasteiger partial charge in [-0.2, -0.15) is 0 Å². The standard InChI is InChI=1S/C22H30N2O4S/c1-11-12(2)29-21(16(11)19(25)23-15-5-3-4-6-15)24-20(26)17-13-7-9-14(10-8-13)18(17)22(27)28/h13-15,17-18H,3-10H2,1-2H3,(H,23,25)(H,24,26)(H,27,28). The smallest absolute Gasteiger partial charge is 0.307 e. The summed E-state index contributed by atoms with van der Waals surface area (Å²) >= 11 is 1.41. The number of carbonyl (C=O) groups is 3. The maximum Gasteiger partial charge on any atom is 0.307 e. The van der Waals surface area contributed by atoms with Gasteiger partial charge in [0, 0.05) is 10.9 Å². The van der Waals surface area contributed by atoms with Crippen LogP contribution in [0.5, 0.6) is 0 Å². The number of hydrogen-bond acceptors (Lipinski definition) is 4. The quantitative estimate of drug-likeness (QED) is 0.670.